The summed E-state index contributed by atoms with van der Waals surface area (Å²) in [5, 5.41) is 3.27. The fourth-order valence-corrected chi connectivity index (χ4v) is 3.09. The van der Waals surface area contributed by atoms with Gasteiger partial charge in [-0.05, 0) is 35.9 Å². The van der Waals surface area contributed by atoms with Crippen LogP contribution in [0.5, 0.6) is 11.5 Å². The van der Waals surface area contributed by atoms with E-state index in [-0.39, 0.29) is 17.8 Å². The number of carbonyl (C=O) groups is 1. The highest BCUT2D eigenvalue weighted by molar-refractivity contribution is 5.97. The Morgan fingerprint density at radius 3 is 2.76 bits per heavy atom. The average Bonchev–Trinajstić information content (AvgIpc) is 2.67. The standard InChI is InChI=1S/C19H21FN2O3/c1-24-15-6-7-18(25-2)16(11-15)19(23)22-9-8-21-12-17(22)13-4-3-5-14(20)10-13/h3-7,10-11,17,21H,8-9,12H2,1-2H3. The second-order valence-corrected chi connectivity index (χ2v) is 5.84. The first-order valence-electron chi connectivity index (χ1n) is 8.13. The highest BCUT2D eigenvalue weighted by atomic mass is 19.1. The van der Waals surface area contributed by atoms with Gasteiger partial charge in [-0.1, -0.05) is 12.1 Å². The Morgan fingerprint density at radius 2 is 2.04 bits per heavy atom. The van der Waals surface area contributed by atoms with E-state index in [2.05, 4.69) is 5.32 Å². The Kier molecular flexibility index (Phi) is 5.19. The lowest BCUT2D eigenvalue weighted by atomic mass is 10.0. The van der Waals surface area contributed by atoms with E-state index in [9.17, 15) is 9.18 Å². The SMILES string of the molecule is COc1ccc(OC)c(C(=O)N2CCNCC2c2cccc(F)c2)c1. The number of ether oxygens (including phenoxy) is 2. The lowest BCUT2D eigenvalue weighted by Gasteiger charge is -2.37. The second-order valence-electron chi connectivity index (χ2n) is 5.84. The van der Waals surface area contributed by atoms with E-state index in [1.165, 1.54) is 19.2 Å². The Hall–Kier alpha value is -2.60. The molecule has 1 unspecified atom stereocenters. The van der Waals surface area contributed by atoms with E-state index in [1.807, 2.05) is 6.07 Å². The summed E-state index contributed by atoms with van der Waals surface area (Å²) in [6.45, 7) is 1.78. The number of hydrogen-bond donors (Lipinski definition) is 1. The zero-order chi connectivity index (χ0) is 17.8. The van der Waals surface area contributed by atoms with Crippen molar-refractivity contribution in [2.75, 3.05) is 33.9 Å². The Bertz CT molecular complexity index is 766. The van der Waals surface area contributed by atoms with Crippen LogP contribution in [-0.4, -0.2) is 44.7 Å². The van der Waals surface area contributed by atoms with E-state index in [4.69, 9.17) is 9.47 Å². The van der Waals surface area contributed by atoms with Crippen molar-refractivity contribution in [3.05, 3.63) is 59.4 Å². The molecule has 0 spiro atoms. The molecule has 1 fully saturated rings. The number of methoxy groups -OCH3 is 2. The number of carbonyl (C=O) groups excluding carboxylic acids is 1. The molecular weight excluding hydrogens is 323 g/mol. The van der Waals surface area contributed by atoms with Crippen LogP contribution in [0, 0.1) is 5.82 Å². The number of benzene rings is 2. The highest BCUT2D eigenvalue weighted by Gasteiger charge is 2.30. The van der Waals surface area contributed by atoms with Crippen LogP contribution in [0.3, 0.4) is 0 Å². The molecule has 3 rings (SSSR count). The number of halogens is 1. The van der Waals surface area contributed by atoms with Crippen LogP contribution in [0.2, 0.25) is 0 Å². The average molecular weight is 344 g/mol. The summed E-state index contributed by atoms with van der Waals surface area (Å²) < 4.78 is 24.2. The van der Waals surface area contributed by atoms with Gasteiger partial charge >= 0.3 is 0 Å². The summed E-state index contributed by atoms with van der Waals surface area (Å²) in [5.74, 6) is 0.602. The van der Waals surface area contributed by atoms with E-state index in [0.717, 1.165) is 5.56 Å². The van der Waals surface area contributed by atoms with Gasteiger partial charge in [0.05, 0.1) is 25.8 Å². The van der Waals surface area contributed by atoms with Gasteiger partial charge in [-0.3, -0.25) is 4.79 Å². The molecule has 1 aliphatic rings. The summed E-state index contributed by atoms with van der Waals surface area (Å²) in [6.07, 6.45) is 0. The van der Waals surface area contributed by atoms with Crippen molar-refractivity contribution in [1.82, 2.24) is 10.2 Å². The maximum atomic E-state index is 13.6. The van der Waals surface area contributed by atoms with Crippen molar-refractivity contribution >= 4 is 5.91 Å². The number of nitrogens with one attached hydrogen (secondary N) is 1. The van der Waals surface area contributed by atoms with Gasteiger partial charge in [-0.25, -0.2) is 4.39 Å². The monoisotopic (exact) mass is 344 g/mol. The molecule has 132 valence electrons. The van der Waals surface area contributed by atoms with E-state index < -0.39 is 0 Å². The first-order valence-corrected chi connectivity index (χ1v) is 8.13. The predicted molar refractivity (Wildman–Crippen MR) is 92.6 cm³/mol. The third-order valence-corrected chi connectivity index (χ3v) is 4.37. The van der Waals surface area contributed by atoms with E-state index in [0.29, 0.717) is 36.7 Å². The van der Waals surface area contributed by atoms with Crippen LogP contribution < -0.4 is 14.8 Å². The molecule has 6 heteroatoms. The number of hydrogen-bond acceptors (Lipinski definition) is 4. The summed E-state index contributed by atoms with van der Waals surface area (Å²) in [7, 11) is 3.08. The molecule has 25 heavy (non-hydrogen) atoms. The molecule has 0 bridgehead atoms. The normalized spacial score (nSPS) is 17.2. The molecule has 2 aromatic carbocycles. The summed E-state index contributed by atoms with van der Waals surface area (Å²) in [5.41, 5.74) is 1.20. The van der Waals surface area contributed by atoms with Crippen molar-refractivity contribution in [3.8, 4) is 11.5 Å². The maximum Gasteiger partial charge on any atom is 0.258 e. The Labute approximate surface area is 146 Å². The van der Waals surface area contributed by atoms with Crippen molar-refractivity contribution in [1.29, 1.82) is 0 Å². The third-order valence-electron chi connectivity index (χ3n) is 4.37. The predicted octanol–water partition coefficient (Wildman–Crippen LogP) is 2.63. The van der Waals surface area contributed by atoms with Crippen LogP contribution in [0.4, 0.5) is 4.39 Å². The minimum Gasteiger partial charge on any atom is -0.497 e. The summed E-state index contributed by atoms with van der Waals surface area (Å²) in [4.78, 5) is 14.9. The van der Waals surface area contributed by atoms with Gasteiger partial charge in [0, 0.05) is 19.6 Å². The molecule has 0 radical (unpaired) electrons. The zero-order valence-electron chi connectivity index (χ0n) is 14.3. The third kappa shape index (κ3) is 3.58. The summed E-state index contributed by atoms with van der Waals surface area (Å²) >= 11 is 0. The number of nitrogens with zero attached hydrogens (tertiary/aromatic N) is 1. The first-order chi connectivity index (χ1) is 12.1. The topological polar surface area (TPSA) is 50.8 Å². The van der Waals surface area contributed by atoms with Gasteiger partial charge in [-0.15, -0.1) is 0 Å². The van der Waals surface area contributed by atoms with Crippen molar-refractivity contribution < 1.29 is 18.7 Å². The molecule has 1 N–H and O–H groups in total. The number of amides is 1. The van der Waals surface area contributed by atoms with Crippen LogP contribution in [0.25, 0.3) is 0 Å². The number of piperazine rings is 1. The quantitative estimate of drug-likeness (QED) is 0.926. The Balaban J connectivity index is 1.96. The smallest absolute Gasteiger partial charge is 0.258 e. The van der Waals surface area contributed by atoms with Gasteiger partial charge in [0.2, 0.25) is 0 Å². The van der Waals surface area contributed by atoms with Gasteiger partial charge in [0.15, 0.2) is 0 Å². The van der Waals surface area contributed by atoms with E-state index in [1.54, 1.807) is 36.3 Å². The van der Waals surface area contributed by atoms with Crippen LogP contribution in [0.15, 0.2) is 42.5 Å². The molecule has 0 aliphatic carbocycles. The van der Waals surface area contributed by atoms with Crippen LogP contribution in [0.1, 0.15) is 22.0 Å². The van der Waals surface area contributed by atoms with Crippen molar-refractivity contribution in [2.45, 2.75) is 6.04 Å². The minimum absolute atomic E-state index is 0.161. The molecule has 0 aromatic heterocycles. The molecule has 2 aromatic rings. The maximum absolute atomic E-state index is 13.6. The molecule has 1 heterocycles. The van der Waals surface area contributed by atoms with E-state index >= 15 is 0 Å². The van der Waals surface area contributed by atoms with Gasteiger partial charge < -0.3 is 19.7 Å². The minimum atomic E-state index is -0.311. The van der Waals surface area contributed by atoms with Crippen molar-refractivity contribution in [2.24, 2.45) is 0 Å². The molecular formula is C19H21FN2O3. The fraction of sp³-hybridized carbons (Fsp3) is 0.316. The molecule has 0 saturated carbocycles. The van der Waals surface area contributed by atoms with Gasteiger partial charge in [-0.2, -0.15) is 0 Å². The Morgan fingerprint density at radius 1 is 1.20 bits per heavy atom. The first kappa shape index (κ1) is 17.2. The number of rotatable bonds is 4. The fourth-order valence-electron chi connectivity index (χ4n) is 3.09. The molecule has 1 atom stereocenters. The van der Waals surface area contributed by atoms with Crippen LogP contribution in [-0.2, 0) is 0 Å². The van der Waals surface area contributed by atoms with Crippen LogP contribution >= 0.6 is 0 Å². The molecule has 1 amide bonds. The summed E-state index contributed by atoms with van der Waals surface area (Å²) in [6, 6.07) is 11.3. The van der Waals surface area contributed by atoms with Gasteiger partial charge in [0.25, 0.3) is 5.91 Å². The van der Waals surface area contributed by atoms with Gasteiger partial charge in [0.1, 0.15) is 17.3 Å². The second kappa shape index (κ2) is 7.53. The van der Waals surface area contributed by atoms with Crippen molar-refractivity contribution in [3.63, 3.8) is 0 Å². The highest BCUT2D eigenvalue weighted by Crippen LogP contribution is 2.30. The largest absolute Gasteiger partial charge is 0.497 e. The molecule has 5 nitrogen and oxygen atoms in total. The lowest BCUT2D eigenvalue weighted by molar-refractivity contribution is 0.0630. The zero-order valence-corrected chi connectivity index (χ0v) is 14.3. The molecule has 1 saturated heterocycles. The lowest BCUT2D eigenvalue weighted by Crippen LogP contribution is -2.48. The molecule has 1 aliphatic heterocycles.